The molecule has 41 heavy (non-hydrogen) atoms. The minimum absolute atomic E-state index is 0.0421. The van der Waals surface area contributed by atoms with Crippen molar-refractivity contribution in [2.45, 2.75) is 24.0 Å². The Morgan fingerprint density at radius 2 is 1.85 bits per heavy atom. The molecule has 13 heteroatoms. The number of carbonyl (C=O) groups is 1. The number of ether oxygens (including phenoxy) is 2. The van der Waals surface area contributed by atoms with Gasteiger partial charge in [0.25, 0.3) is 5.69 Å². The number of hydrogen-bond acceptors (Lipinski definition) is 8. The van der Waals surface area contributed by atoms with Crippen LogP contribution in [0.15, 0.2) is 77.8 Å². The molecule has 11 nitrogen and oxygen atoms in total. The average Bonchev–Trinajstić information content (AvgIpc) is 3.39. The number of anilines is 1. The number of nitro groups is 1. The zero-order chi connectivity index (χ0) is 29.0. The molecule has 1 unspecified atom stereocenters. The summed E-state index contributed by atoms with van der Waals surface area (Å²) in [6.07, 6.45) is 1.86. The number of H-pyrrole nitrogens is 1. The van der Waals surface area contributed by atoms with Gasteiger partial charge in [-0.05, 0) is 41.5 Å². The predicted octanol–water partition coefficient (Wildman–Crippen LogP) is 4.00. The highest BCUT2D eigenvalue weighted by molar-refractivity contribution is 7.89. The maximum atomic E-state index is 13.3. The van der Waals surface area contributed by atoms with Gasteiger partial charge in [-0.2, -0.15) is 4.31 Å². The number of nitrogens with zero attached hydrogens (tertiary/aromatic N) is 2. The normalized spacial score (nSPS) is 15.0. The number of esters is 1. The zero-order valence-electron chi connectivity index (χ0n) is 21.8. The summed E-state index contributed by atoms with van der Waals surface area (Å²) in [7, 11) is -3.99. The second-order valence-corrected chi connectivity index (χ2v) is 11.4. The molecule has 214 valence electrons. The van der Waals surface area contributed by atoms with Crippen molar-refractivity contribution in [1.82, 2.24) is 9.29 Å². The van der Waals surface area contributed by atoms with E-state index < -0.39 is 38.5 Å². The van der Waals surface area contributed by atoms with Gasteiger partial charge in [0.2, 0.25) is 10.0 Å². The number of aromatic amines is 1. The van der Waals surface area contributed by atoms with Crippen LogP contribution >= 0.6 is 0 Å². The van der Waals surface area contributed by atoms with Crippen LogP contribution in [0, 0.1) is 15.9 Å². The lowest BCUT2D eigenvalue weighted by Gasteiger charge is -2.26. The van der Waals surface area contributed by atoms with Crippen LogP contribution in [-0.4, -0.2) is 60.9 Å². The van der Waals surface area contributed by atoms with E-state index in [0.717, 1.165) is 22.5 Å². The van der Waals surface area contributed by atoms with Crippen LogP contribution in [0.4, 0.5) is 15.8 Å². The Kier molecular flexibility index (Phi) is 8.28. The lowest BCUT2D eigenvalue weighted by molar-refractivity contribution is -0.384. The SMILES string of the molecule is O=C(OCc1ccc(F)cc1)C(Cc1c[nH]c2ccccc12)Nc1ccc(S(=O)(=O)N2CCOCC2)cc1[N+](=O)[O-]. The van der Waals surface area contributed by atoms with Crippen molar-refractivity contribution in [3.8, 4) is 0 Å². The first-order valence-electron chi connectivity index (χ1n) is 12.8. The fraction of sp³-hybridized carbons (Fsp3) is 0.250. The van der Waals surface area contributed by atoms with Gasteiger partial charge < -0.3 is 19.8 Å². The average molecular weight is 583 g/mol. The number of para-hydroxylation sites is 1. The molecule has 0 spiro atoms. The number of morpholine rings is 1. The third-order valence-electron chi connectivity index (χ3n) is 6.78. The Morgan fingerprint density at radius 3 is 2.59 bits per heavy atom. The van der Waals surface area contributed by atoms with E-state index in [4.69, 9.17) is 9.47 Å². The van der Waals surface area contributed by atoms with Gasteiger partial charge in [-0.1, -0.05) is 30.3 Å². The first-order valence-corrected chi connectivity index (χ1v) is 14.3. The summed E-state index contributed by atoms with van der Waals surface area (Å²) in [5.74, 6) is -1.12. The van der Waals surface area contributed by atoms with Crippen molar-refractivity contribution < 1.29 is 32.0 Å². The molecule has 0 bridgehead atoms. The Balaban J connectivity index is 1.44. The number of hydrogen-bond donors (Lipinski definition) is 2. The van der Waals surface area contributed by atoms with Gasteiger partial charge in [0.1, 0.15) is 24.2 Å². The van der Waals surface area contributed by atoms with E-state index in [1.165, 1.54) is 40.7 Å². The number of nitro benzene ring substituents is 1. The minimum atomic E-state index is -3.99. The highest BCUT2D eigenvalue weighted by atomic mass is 32.2. The highest BCUT2D eigenvalue weighted by Crippen LogP contribution is 2.31. The molecule has 5 rings (SSSR count). The standard InChI is InChI=1S/C28H27FN4O7S/c29-21-7-5-19(6-8-21)18-40-28(34)26(15-20-17-30-24-4-2-1-3-23(20)24)31-25-10-9-22(16-27(25)33(35)36)41(37,38)32-11-13-39-14-12-32/h1-10,16-17,26,30-31H,11-15,18H2. The van der Waals surface area contributed by atoms with Crippen molar-refractivity contribution in [2.75, 3.05) is 31.6 Å². The third kappa shape index (κ3) is 6.37. The van der Waals surface area contributed by atoms with Crippen molar-refractivity contribution in [1.29, 1.82) is 0 Å². The topological polar surface area (TPSA) is 144 Å². The quantitative estimate of drug-likeness (QED) is 0.162. The lowest BCUT2D eigenvalue weighted by atomic mass is 10.0. The van der Waals surface area contributed by atoms with Crippen LogP contribution < -0.4 is 5.32 Å². The van der Waals surface area contributed by atoms with Crippen LogP contribution in [0.2, 0.25) is 0 Å². The summed E-state index contributed by atoms with van der Waals surface area (Å²) in [5, 5.41) is 15.8. The molecule has 1 aliphatic rings. The van der Waals surface area contributed by atoms with E-state index in [1.54, 1.807) is 6.20 Å². The summed E-state index contributed by atoms with van der Waals surface area (Å²) in [5.41, 5.74) is 1.64. The van der Waals surface area contributed by atoms with Crippen LogP contribution in [0.1, 0.15) is 11.1 Å². The smallest absolute Gasteiger partial charge is 0.329 e. The first kappa shape index (κ1) is 28.2. The lowest BCUT2D eigenvalue weighted by Crippen LogP contribution is -2.40. The molecule has 1 fully saturated rings. The summed E-state index contributed by atoms with van der Waals surface area (Å²) in [6.45, 7) is 0.614. The Morgan fingerprint density at radius 1 is 1.12 bits per heavy atom. The number of sulfonamides is 1. The fourth-order valence-corrected chi connectivity index (χ4v) is 6.05. The number of rotatable bonds is 10. The van der Waals surface area contributed by atoms with Crippen LogP contribution in [0.25, 0.3) is 10.9 Å². The van der Waals surface area contributed by atoms with E-state index in [-0.39, 0.29) is 49.9 Å². The van der Waals surface area contributed by atoms with E-state index in [2.05, 4.69) is 10.3 Å². The Labute approximate surface area is 235 Å². The molecule has 4 aromatic rings. The zero-order valence-corrected chi connectivity index (χ0v) is 22.6. The van der Waals surface area contributed by atoms with Gasteiger partial charge in [-0.3, -0.25) is 10.1 Å². The molecular weight excluding hydrogens is 555 g/mol. The second-order valence-electron chi connectivity index (χ2n) is 9.45. The summed E-state index contributed by atoms with van der Waals surface area (Å²) < 4.78 is 51.4. The van der Waals surface area contributed by atoms with Crippen LogP contribution in [0.5, 0.6) is 0 Å². The van der Waals surface area contributed by atoms with Crippen molar-refractivity contribution in [2.24, 2.45) is 0 Å². The number of aromatic nitrogens is 1. The molecule has 0 saturated carbocycles. The second kappa shape index (κ2) is 12.0. The van der Waals surface area contributed by atoms with Gasteiger partial charge >= 0.3 is 5.97 Å². The van der Waals surface area contributed by atoms with Gasteiger partial charge in [0.15, 0.2) is 0 Å². The van der Waals surface area contributed by atoms with Gasteiger partial charge in [-0.25, -0.2) is 17.6 Å². The molecule has 2 heterocycles. The number of fused-ring (bicyclic) bond motifs is 1. The molecule has 3 aromatic carbocycles. The molecule has 2 N–H and O–H groups in total. The fourth-order valence-electron chi connectivity index (χ4n) is 4.62. The van der Waals surface area contributed by atoms with Crippen molar-refractivity contribution in [3.05, 3.63) is 100.0 Å². The number of nitrogens with one attached hydrogen (secondary N) is 2. The number of carbonyl (C=O) groups excluding carboxylic acids is 1. The molecule has 1 aliphatic heterocycles. The Hall–Kier alpha value is -4.33. The van der Waals surface area contributed by atoms with E-state index in [9.17, 15) is 27.7 Å². The van der Waals surface area contributed by atoms with Crippen molar-refractivity contribution >= 4 is 38.3 Å². The van der Waals surface area contributed by atoms with Gasteiger partial charge in [0.05, 0.1) is 23.0 Å². The molecule has 1 saturated heterocycles. The van der Waals surface area contributed by atoms with Gasteiger partial charge in [-0.15, -0.1) is 0 Å². The minimum Gasteiger partial charge on any atom is -0.459 e. The highest BCUT2D eigenvalue weighted by Gasteiger charge is 2.31. The van der Waals surface area contributed by atoms with Gasteiger partial charge in [0, 0.05) is 42.7 Å². The van der Waals surface area contributed by atoms with E-state index in [0.29, 0.717) is 5.56 Å². The predicted molar refractivity (Wildman–Crippen MR) is 148 cm³/mol. The molecule has 1 aromatic heterocycles. The van der Waals surface area contributed by atoms with Crippen LogP contribution in [-0.2, 0) is 37.3 Å². The molecular formula is C28H27FN4O7S. The van der Waals surface area contributed by atoms with Crippen molar-refractivity contribution in [3.63, 3.8) is 0 Å². The summed E-state index contributed by atoms with van der Waals surface area (Å²) in [4.78, 5) is 27.6. The first-order chi connectivity index (χ1) is 19.7. The molecule has 0 radical (unpaired) electrons. The summed E-state index contributed by atoms with van der Waals surface area (Å²) in [6, 6.07) is 15.4. The number of halogens is 1. The summed E-state index contributed by atoms with van der Waals surface area (Å²) >= 11 is 0. The maximum absolute atomic E-state index is 13.3. The van der Waals surface area contributed by atoms with E-state index >= 15 is 0 Å². The Bertz CT molecular complexity index is 1670. The maximum Gasteiger partial charge on any atom is 0.329 e. The van der Waals surface area contributed by atoms with E-state index in [1.807, 2.05) is 24.3 Å². The molecule has 1 atom stereocenters. The monoisotopic (exact) mass is 582 g/mol. The third-order valence-corrected chi connectivity index (χ3v) is 8.68. The molecule has 0 aliphatic carbocycles. The van der Waals surface area contributed by atoms with Crippen LogP contribution in [0.3, 0.4) is 0 Å². The number of benzene rings is 3. The molecule has 0 amide bonds. The largest absolute Gasteiger partial charge is 0.459 e.